The summed E-state index contributed by atoms with van der Waals surface area (Å²) in [6.45, 7) is 9.22. The molecule has 4 heteroatoms. The van der Waals surface area contributed by atoms with E-state index in [1.807, 2.05) is 30.0 Å². The standard InChI is InChI=1S/C17H26N2O2/c1-4-8-18-16-7-6-14(11-13(16)3)17(20)19-9-10-21-12-15(19)5-2/h6-7,11,15,18H,4-5,8-10,12H2,1-3H3. The summed E-state index contributed by atoms with van der Waals surface area (Å²) >= 11 is 0. The number of hydrogen-bond acceptors (Lipinski definition) is 3. The summed E-state index contributed by atoms with van der Waals surface area (Å²) in [7, 11) is 0. The van der Waals surface area contributed by atoms with Crippen molar-refractivity contribution in [1.82, 2.24) is 4.90 Å². The molecular formula is C17H26N2O2. The van der Waals surface area contributed by atoms with E-state index < -0.39 is 0 Å². The van der Waals surface area contributed by atoms with Crippen molar-refractivity contribution in [3.63, 3.8) is 0 Å². The van der Waals surface area contributed by atoms with Gasteiger partial charge in [0.2, 0.25) is 0 Å². The van der Waals surface area contributed by atoms with Crippen LogP contribution in [0.3, 0.4) is 0 Å². The Labute approximate surface area is 127 Å². The molecule has 1 fully saturated rings. The number of morpholine rings is 1. The van der Waals surface area contributed by atoms with E-state index in [2.05, 4.69) is 19.2 Å². The van der Waals surface area contributed by atoms with Gasteiger partial charge in [0.25, 0.3) is 5.91 Å². The zero-order chi connectivity index (χ0) is 15.2. The molecule has 1 N–H and O–H groups in total. The van der Waals surface area contributed by atoms with Crippen molar-refractivity contribution in [3.8, 4) is 0 Å². The van der Waals surface area contributed by atoms with Gasteiger partial charge in [0, 0.05) is 24.3 Å². The molecule has 0 bridgehead atoms. The number of rotatable bonds is 5. The first-order valence-corrected chi connectivity index (χ1v) is 7.90. The monoisotopic (exact) mass is 290 g/mol. The van der Waals surface area contributed by atoms with E-state index in [0.29, 0.717) is 19.8 Å². The third-order valence-corrected chi connectivity index (χ3v) is 4.00. The molecule has 1 aromatic carbocycles. The van der Waals surface area contributed by atoms with E-state index in [9.17, 15) is 4.79 Å². The van der Waals surface area contributed by atoms with Gasteiger partial charge in [-0.25, -0.2) is 0 Å². The zero-order valence-corrected chi connectivity index (χ0v) is 13.3. The Hall–Kier alpha value is -1.55. The van der Waals surface area contributed by atoms with Crippen LogP contribution in [0.4, 0.5) is 5.69 Å². The third-order valence-electron chi connectivity index (χ3n) is 4.00. The Balaban J connectivity index is 2.13. The van der Waals surface area contributed by atoms with E-state index in [4.69, 9.17) is 4.74 Å². The molecule has 1 aromatic rings. The molecule has 4 nitrogen and oxygen atoms in total. The summed E-state index contributed by atoms with van der Waals surface area (Å²) in [5.74, 6) is 0.121. The zero-order valence-electron chi connectivity index (χ0n) is 13.3. The minimum atomic E-state index is 0.121. The number of ether oxygens (including phenoxy) is 1. The van der Waals surface area contributed by atoms with Gasteiger partial charge in [0.1, 0.15) is 0 Å². The summed E-state index contributed by atoms with van der Waals surface area (Å²) in [4.78, 5) is 14.7. The van der Waals surface area contributed by atoms with Crippen molar-refractivity contribution in [2.45, 2.75) is 39.7 Å². The molecule has 0 spiro atoms. The number of amides is 1. The second kappa shape index (κ2) is 7.46. The highest BCUT2D eigenvalue weighted by molar-refractivity contribution is 5.95. The van der Waals surface area contributed by atoms with Gasteiger partial charge in [-0.15, -0.1) is 0 Å². The van der Waals surface area contributed by atoms with Crippen LogP contribution < -0.4 is 5.32 Å². The lowest BCUT2D eigenvalue weighted by molar-refractivity contribution is -0.00280. The maximum absolute atomic E-state index is 12.7. The van der Waals surface area contributed by atoms with Crippen LogP contribution in [0.15, 0.2) is 18.2 Å². The molecule has 116 valence electrons. The number of anilines is 1. The number of nitrogens with one attached hydrogen (secondary N) is 1. The predicted octanol–water partition coefficient (Wildman–Crippen LogP) is 3.07. The smallest absolute Gasteiger partial charge is 0.254 e. The highest BCUT2D eigenvalue weighted by atomic mass is 16.5. The predicted molar refractivity (Wildman–Crippen MR) is 85.9 cm³/mol. The number of benzene rings is 1. The molecule has 0 aromatic heterocycles. The normalized spacial score (nSPS) is 18.6. The number of hydrogen-bond donors (Lipinski definition) is 1. The fourth-order valence-electron chi connectivity index (χ4n) is 2.68. The molecule has 1 aliphatic heterocycles. The van der Waals surface area contributed by atoms with Crippen LogP contribution in [0, 0.1) is 6.92 Å². The molecule has 0 radical (unpaired) electrons. The molecule has 2 rings (SSSR count). The van der Waals surface area contributed by atoms with Crippen molar-refractivity contribution in [3.05, 3.63) is 29.3 Å². The van der Waals surface area contributed by atoms with Crippen molar-refractivity contribution >= 4 is 11.6 Å². The average Bonchev–Trinajstić information content (AvgIpc) is 2.53. The lowest BCUT2D eigenvalue weighted by atomic mass is 10.1. The summed E-state index contributed by atoms with van der Waals surface area (Å²) in [5.41, 5.74) is 3.01. The lowest BCUT2D eigenvalue weighted by Crippen LogP contribution is -2.48. The van der Waals surface area contributed by atoms with Crippen LogP contribution in [-0.4, -0.2) is 43.2 Å². The van der Waals surface area contributed by atoms with Crippen LogP contribution in [0.5, 0.6) is 0 Å². The van der Waals surface area contributed by atoms with Crippen molar-refractivity contribution in [2.75, 3.05) is 31.6 Å². The maximum Gasteiger partial charge on any atom is 0.254 e. The quantitative estimate of drug-likeness (QED) is 0.906. The fourth-order valence-corrected chi connectivity index (χ4v) is 2.68. The molecule has 1 heterocycles. The highest BCUT2D eigenvalue weighted by Crippen LogP contribution is 2.20. The van der Waals surface area contributed by atoms with Gasteiger partial charge in [-0.3, -0.25) is 4.79 Å². The highest BCUT2D eigenvalue weighted by Gasteiger charge is 2.26. The van der Waals surface area contributed by atoms with Crippen LogP contribution in [0.25, 0.3) is 0 Å². The molecule has 1 amide bonds. The number of nitrogens with zero attached hydrogens (tertiary/aromatic N) is 1. The molecule has 1 unspecified atom stereocenters. The van der Waals surface area contributed by atoms with Gasteiger partial charge in [0.15, 0.2) is 0 Å². The van der Waals surface area contributed by atoms with Crippen LogP contribution in [0.1, 0.15) is 42.6 Å². The molecule has 0 aliphatic carbocycles. The minimum Gasteiger partial charge on any atom is -0.385 e. The Morgan fingerprint density at radius 2 is 2.24 bits per heavy atom. The number of aryl methyl sites for hydroxylation is 1. The Kier molecular flexibility index (Phi) is 5.62. The molecule has 1 saturated heterocycles. The number of carbonyl (C=O) groups excluding carboxylic acids is 1. The Morgan fingerprint density at radius 1 is 1.43 bits per heavy atom. The first-order valence-electron chi connectivity index (χ1n) is 7.90. The van der Waals surface area contributed by atoms with E-state index in [0.717, 1.165) is 36.2 Å². The first-order chi connectivity index (χ1) is 10.2. The largest absolute Gasteiger partial charge is 0.385 e. The summed E-state index contributed by atoms with van der Waals surface area (Å²) in [6.07, 6.45) is 2.02. The topological polar surface area (TPSA) is 41.6 Å². The molecule has 0 saturated carbocycles. The fraction of sp³-hybridized carbons (Fsp3) is 0.588. The number of carbonyl (C=O) groups is 1. The minimum absolute atomic E-state index is 0.121. The lowest BCUT2D eigenvalue weighted by Gasteiger charge is -2.35. The maximum atomic E-state index is 12.7. The van der Waals surface area contributed by atoms with E-state index in [1.54, 1.807) is 0 Å². The van der Waals surface area contributed by atoms with Crippen LogP contribution in [-0.2, 0) is 4.74 Å². The van der Waals surface area contributed by atoms with Gasteiger partial charge in [-0.05, 0) is 43.5 Å². The summed E-state index contributed by atoms with van der Waals surface area (Å²) in [5, 5.41) is 3.38. The van der Waals surface area contributed by atoms with Crippen molar-refractivity contribution in [2.24, 2.45) is 0 Å². The second-order valence-corrected chi connectivity index (χ2v) is 5.59. The average molecular weight is 290 g/mol. The van der Waals surface area contributed by atoms with Gasteiger partial charge in [-0.2, -0.15) is 0 Å². The molecule has 1 atom stereocenters. The van der Waals surface area contributed by atoms with Gasteiger partial charge in [-0.1, -0.05) is 13.8 Å². The SMILES string of the molecule is CCCNc1ccc(C(=O)N2CCOCC2CC)cc1C. The van der Waals surface area contributed by atoms with E-state index >= 15 is 0 Å². The second-order valence-electron chi connectivity index (χ2n) is 5.59. The van der Waals surface area contributed by atoms with Gasteiger partial charge in [0.05, 0.1) is 19.3 Å². The molecular weight excluding hydrogens is 264 g/mol. The van der Waals surface area contributed by atoms with Gasteiger partial charge < -0.3 is 15.0 Å². The van der Waals surface area contributed by atoms with Crippen LogP contribution in [0.2, 0.25) is 0 Å². The molecule has 21 heavy (non-hydrogen) atoms. The van der Waals surface area contributed by atoms with E-state index in [1.165, 1.54) is 0 Å². The first kappa shape index (κ1) is 15.8. The van der Waals surface area contributed by atoms with Crippen LogP contribution >= 0.6 is 0 Å². The van der Waals surface area contributed by atoms with Gasteiger partial charge >= 0.3 is 0 Å². The third kappa shape index (κ3) is 3.76. The Bertz CT molecular complexity index is 488. The summed E-state index contributed by atoms with van der Waals surface area (Å²) in [6, 6.07) is 6.13. The summed E-state index contributed by atoms with van der Waals surface area (Å²) < 4.78 is 5.47. The molecule has 1 aliphatic rings. The van der Waals surface area contributed by atoms with E-state index in [-0.39, 0.29) is 11.9 Å². The van der Waals surface area contributed by atoms with Crippen molar-refractivity contribution < 1.29 is 9.53 Å². The van der Waals surface area contributed by atoms with Crippen molar-refractivity contribution in [1.29, 1.82) is 0 Å². The Morgan fingerprint density at radius 3 is 2.90 bits per heavy atom.